The van der Waals surface area contributed by atoms with Gasteiger partial charge in [0.05, 0.1) is 0 Å². The Morgan fingerprint density at radius 1 is 1.42 bits per heavy atom. The monoisotopic (exact) mass is 326 g/mol. The normalized spacial score (nSPS) is 11.5. The third-order valence-corrected chi connectivity index (χ3v) is 4.20. The van der Waals surface area contributed by atoms with E-state index in [0.717, 1.165) is 15.6 Å². The number of rotatable bonds is 5. The maximum atomic E-state index is 12.6. The lowest BCUT2D eigenvalue weighted by atomic mass is 9.92. The van der Waals surface area contributed by atoms with Crippen molar-refractivity contribution in [3.05, 3.63) is 33.8 Å². The SMILES string of the molecule is CCN(CC(C)(C)CN)C(=O)c1cccc(Br)c1C. The topological polar surface area (TPSA) is 46.3 Å². The van der Waals surface area contributed by atoms with E-state index in [1.165, 1.54) is 0 Å². The van der Waals surface area contributed by atoms with Crippen LogP contribution in [-0.2, 0) is 0 Å². The molecule has 0 bridgehead atoms. The number of hydrogen-bond acceptors (Lipinski definition) is 2. The van der Waals surface area contributed by atoms with Crippen LogP contribution in [0.25, 0.3) is 0 Å². The third kappa shape index (κ3) is 4.05. The van der Waals surface area contributed by atoms with Crippen LogP contribution in [0.5, 0.6) is 0 Å². The highest BCUT2D eigenvalue weighted by Crippen LogP contribution is 2.22. The van der Waals surface area contributed by atoms with Crippen molar-refractivity contribution in [3.63, 3.8) is 0 Å². The third-order valence-electron chi connectivity index (χ3n) is 3.34. The summed E-state index contributed by atoms with van der Waals surface area (Å²) < 4.78 is 0.965. The molecule has 0 atom stereocenters. The Labute approximate surface area is 124 Å². The second-order valence-electron chi connectivity index (χ2n) is 5.60. The predicted molar refractivity (Wildman–Crippen MR) is 83.3 cm³/mol. The molecule has 1 amide bonds. The average Bonchev–Trinajstić information content (AvgIpc) is 2.38. The maximum Gasteiger partial charge on any atom is 0.254 e. The first kappa shape index (κ1) is 16.2. The maximum absolute atomic E-state index is 12.6. The van der Waals surface area contributed by atoms with Gasteiger partial charge in [-0.3, -0.25) is 4.79 Å². The molecule has 0 saturated carbocycles. The smallest absolute Gasteiger partial charge is 0.254 e. The summed E-state index contributed by atoms with van der Waals surface area (Å²) in [6.45, 7) is 10.0. The van der Waals surface area contributed by atoms with Crippen LogP contribution in [-0.4, -0.2) is 30.4 Å². The van der Waals surface area contributed by atoms with E-state index >= 15 is 0 Å². The van der Waals surface area contributed by atoms with Gasteiger partial charge in [0, 0.05) is 23.1 Å². The summed E-state index contributed by atoms with van der Waals surface area (Å²) in [4.78, 5) is 14.5. The Bertz CT molecular complexity index is 457. The molecule has 0 aromatic heterocycles. The van der Waals surface area contributed by atoms with Gasteiger partial charge in [0.1, 0.15) is 0 Å². The number of nitrogens with zero attached hydrogens (tertiary/aromatic N) is 1. The van der Waals surface area contributed by atoms with E-state index < -0.39 is 0 Å². The van der Waals surface area contributed by atoms with E-state index in [9.17, 15) is 4.79 Å². The summed E-state index contributed by atoms with van der Waals surface area (Å²) in [5.74, 6) is 0.0721. The highest BCUT2D eigenvalue weighted by Gasteiger charge is 2.24. The lowest BCUT2D eigenvalue weighted by Gasteiger charge is -2.31. The number of benzene rings is 1. The van der Waals surface area contributed by atoms with E-state index in [2.05, 4.69) is 29.8 Å². The van der Waals surface area contributed by atoms with Crippen LogP contribution >= 0.6 is 15.9 Å². The van der Waals surface area contributed by atoms with E-state index in [4.69, 9.17) is 5.73 Å². The van der Waals surface area contributed by atoms with Crippen LogP contribution in [0, 0.1) is 12.3 Å². The molecule has 0 spiro atoms. The minimum atomic E-state index is -0.0639. The molecule has 1 aromatic rings. The molecule has 4 heteroatoms. The summed E-state index contributed by atoms with van der Waals surface area (Å²) in [5, 5.41) is 0. The van der Waals surface area contributed by atoms with Gasteiger partial charge in [-0.15, -0.1) is 0 Å². The van der Waals surface area contributed by atoms with Crippen molar-refractivity contribution in [1.29, 1.82) is 0 Å². The highest BCUT2D eigenvalue weighted by atomic mass is 79.9. The Balaban J connectivity index is 2.99. The standard InChI is InChI=1S/C15H23BrN2O/c1-5-18(10-15(3,4)9-17)14(19)12-7-6-8-13(16)11(12)2/h6-8H,5,9-10,17H2,1-4H3. The number of hydrogen-bond donors (Lipinski definition) is 1. The zero-order valence-corrected chi connectivity index (χ0v) is 13.8. The molecule has 0 aliphatic carbocycles. The van der Waals surface area contributed by atoms with Crippen LogP contribution in [0.2, 0.25) is 0 Å². The Hall–Kier alpha value is -0.870. The molecule has 0 heterocycles. The average molecular weight is 327 g/mol. The lowest BCUT2D eigenvalue weighted by Crippen LogP contribution is -2.42. The molecule has 0 saturated heterocycles. The van der Waals surface area contributed by atoms with Gasteiger partial charge in [-0.2, -0.15) is 0 Å². The van der Waals surface area contributed by atoms with Gasteiger partial charge in [0.15, 0.2) is 0 Å². The fraction of sp³-hybridized carbons (Fsp3) is 0.533. The Morgan fingerprint density at radius 2 is 2.05 bits per heavy atom. The van der Waals surface area contributed by atoms with Crippen LogP contribution < -0.4 is 5.73 Å². The molecule has 0 aliphatic rings. The molecule has 0 radical (unpaired) electrons. The summed E-state index contributed by atoms with van der Waals surface area (Å²) in [6, 6.07) is 5.72. The number of carbonyl (C=O) groups excluding carboxylic acids is 1. The van der Waals surface area contributed by atoms with E-state index in [1.807, 2.05) is 36.9 Å². The first-order chi connectivity index (χ1) is 8.82. The first-order valence-electron chi connectivity index (χ1n) is 6.57. The van der Waals surface area contributed by atoms with Gasteiger partial charge in [0.25, 0.3) is 5.91 Å². The Morgan fingerprint density at radius 3 is 2.58 bits per heavy atom. The second kappa shape index (κ2) is 6.53. The van der Waals surface area contributed by atoms with Crippen molar-refractivity contribution >= 4 is 21.8 Å². The minimum Gasteiger partial charge on any atom is -0.338 e. The van der Waals surface area contributed by atoms with Gasteiger partial charge in [-0.25, -0.2) is 0 Å². The van der Waals surface area contributed by atoms with Crippen LogP contribution in [0.15, 0.2) is 22.7 Å². The van der Waals surface area contributed by atoms with Crippen LogP contribution in [0.1, 0.15) is 36.7 Å². The fourth-order valence-corrected chi connectivity index (χ4v) is 2.28. The van der Waals surface area contributed by atoms with E-state index in [1.54, 1.807) is 0 Å². The molecule has 19 heavy (non-hydrogen) atoms. The highest BCUT2D eigenvalue weighted by molar-refractivity contribution is 9.10. The number of nitrogens with two attached hydrogens (primary N) is 1. The van der Waals surface area contributed by atoms with Crippen molar-refractivity contribution < 1.29 is 4.79 Å². The van der Waals surface area contributed by atoms with Crippen molar-refractivity contribution in [1.82, 2.24) is 4.90 Å². The van der Waals surface area contributed by atoms with Gasteiger partial charge < -0.3 is 10.6 Å². The summed E-state index contributed by atoms with van der Waals surface area (Å²) >= 11 is 3.47. The fourth-order valence-electron chi connectivity index (χ4n) is 1.92. The van der Waals surface area contributed by atoms with Gasteiger partial charge in [-0.05, 0) is 43.5 Å². The van der Waals surface area contributed by atoms with Crippen molar-refractivity contribution in [2.45, 2.75) is 27.7 Å². The minimum absolute atomic E-state index is 0.0639. The molecule has 106 valence electrons. The zero-order valence-electron chi connectivity index (χ0n) is 12.2. The first-order valence-corrected chi connectivity index (χ1v) is 7.36. The molecule has 1 aromatic carbocycles. The second-order valence-corrected chi connectivity index (χ2v) is 6.45. The largest absolute Gasteiger partial charge is 0.338 e. The lowest BCUT2D eigenvalue weighted by molar-refractivity contribution is 0.0700. The summed E-state index contributed by atoms with van der Waals surface area (Å²) in [5.41, 5.74) is 7.43. The van der Waals surface area contributed by atoms with Crippen molar-refractivity contribution in [2.24, 2.45) is 11.1 Å². The van der Waals surface area contributed by atoms with Crippen molar-refractivity contribution in [3.8, 4) is 0 Å². The van der Waals surface area contributed by atoms with E-state index in [0.29, 0.717) is 19.6 Å². The van der Waals surface area contributed by atoms with Gasteiger partial charge in [-0.1, -0.05) is 35.8 Å². The number of amides is 1. The Kier molecular flexibility index (Phi) is 5.56. The molecule has 0 fully saturated rings. The van der Waals surface area contributed by atoms with E-state index in [-0.39, 0.29) is 11.3 Å². The molecular formula is C15H23BrN2O. The van der Waals surface area contributed by atoms with Crippen LogP contribution in [0.4, 0.5) is 0 Å². The number of carbonyl (C=O) groups is 1. The van der Waals surface area contributed by atoms with Crippen molar-refractivity contribution in [2.75, 3.05) is 19.6 Å². The molecule has 2 N–H and O–H groups in total. The van der Waals surface area contributed by atoms with Gasteiger partial charge in [0.2, 0.25) is 0 Å². The molecule has 0 unspecified atom stereocenters. The van der Waals surface area contributed by atoms with Crippen LogP contribution in [0.3, 0.4) is 0 Å². The van der Waals surface area contributed by atoms with Gasteiger partial charge >= 0.3 is 0 Å². The molecular weight excluding hydrogens is 304 g/mol. The summed E-state index contributed by atoms with van der Waals surface area (Å²) in [6.07, 6.45) is 0. The molecule has 1 rings (SSSR count). The zero-order chi connectivity index (χ0) is 14.6. The number of halogens is 1. The molecule has 3 nitrogen and oxygen atoms in total. The predicted octanol–water partition coefficient (Wildman–Crippen LogP) is 3.20. The molecule has 0 aliphatic heterocycles. The quantitative estimate of drug-likeness (QED) is 0.903. The summed E-state index contributed by atoms with van der Waals surface area (Å²) in [7, 11) is 0.